The summed E-state index contributed by atoms with van der Waals surface area (Å²) in [6.07, 6.45) is 6.30. The fourth-order valence-corrected chi connectivity index (χ4v) is 1.13. The van der Waals surface area contributed by atoms with Crippen LogP contribution < -0.4 is 5.32 Å². The van der Waals surface area contributed by atoms with E-state index in [1.54, 1.807) is 30.5 Å². The average molecular weight is 230 g/mol. The zero-order chi connectivity index (χ0) is 12.7. The van der Waals surface area contributed by atoms with Gasteiger partial charge in [0.25, 0.3) is 5.91 Å². The molecule has 0 aliphatic carbocycles. The highest BCUT2D eigenvalue weighted by atomic mass is 16.3. The van der Waals surface area contributed by atoms with Crippen LogP contribution in [-0.2, 0) is 4.79 Å². The normalized spacial score (nSPS) is 11.8. The van der Waals surface area contributed by atoms with Gasteiger partial charge in [0.1, 0.15) is 17.4 Å². The second-order valence-electron chi connectivity index (χ2n) is 3.69. The van der Waals surface area contributed by atoms with Crippen LogP contribution in [0.25, 0.3) is 6.08 Å². The van der Waals surface area contributed by atoms with E-state index in [0.717, 1.165) is 0 Å². The van der Waals surface area contributed by atoms with E-state index >= 15 is 0 Å². The van der Waals surface area contributed by atoms with Crippen LogP contribution in [0.3, 0.4) is 0 Å². The first-order valence-electron chi connectivity index (χ1n) is 5.26. The molecule has 88 valence electrons. The molecule has 17 heavy (non-hydrogen) atoms. The number of hydrogen-bond donors (Lipinski definition) is 1. The first-order chi connectivity index (χ1) is 8.13. The Balaban J connectivity index is 2.68. The zero-order valence-electron chi connectivity index (χ0n) is 9.81. The molecule has 4 nitrogen and oxygen atoms in total. The maximum atomic E-state index is 11.5. The molecule has 0 radical (unpaired) electrons. The molecule has 0 aliphatic heterocycles. The number of nitriles is 1. The third-order valence-corrected chi connectivity index (χ3v) is 1.85. The standard InChI is InChI=1S/C13H14N2O2/c1-10(2)15-13(16)11(9-14)5-3-6-12-7-4-8-17-12/h3-8,10H,1-2H3,(H,15,16). The van der Waals surface area contributed by atoms with Gasteiger partial charge in [-0.15, -0.1) is 0 Å². The van der Waals surface area contributed by atoms with Crippen molar-refractivity contribution < 1.29 is 9.21 Å². The summed E-state index contributed by atoms with van der Waals surface area (Å²) in [5.74, 6) is 0.300. The van der Waals surface area contributed by atoms with Gasteiger partial charge in [0.15, 0.2) is 0 Å². The summed E-state index contributed by atoms with van der Waals surface area (Å²) in [7, 11) is 0. The molecular formula is C13H14N2O2. The van der Waals surface area contributed by atoms with Gasteiger partial charge >= 0.3 is 0 Å². The Hall–Kier alpha value is -2.28. The van der Waals surface area contributed by atoms with Gasteiger partial charge < -0.3 is 9.73 Å². The molecule has 0 fully saturated rings. The molecule has 0 saturated heterocycles. The van der Waals surface area contributed by atoms with E-state index in [1.165, 1.54) is 6.08 Å². The minimum atomic E-state index is -0.369. The summed E-state index contributed by atoms with van der Waals surface area (Å²) in [4.78, 5) is 11.5. The minimum absolute atomic E-state index is 0.00769. The van der Waals surface area contributed by atoms with Crippen molar-refractivity contribution in [1.29, 1.82) is 5.26 Å². The topological polar surface area (TPSA) is 66.0 Å². The second kappa shape index (κ2) is 6.33. The molecule has 0 aliphatic rings. The molecule has 0 bridgehead atoms. The van der Waals surface area contributed by atoms with Crippen molar-refractivity contribution in [2.45, 2.75) is 19.9 Å². The summed E-state index contributed by atoms with van der Waals surface area (Å²) >= 11 is 0. The van der Waals surface area contributed by atoms with E-state index in [0.29, 0.717) is 5.76 Å². The number of allylic oxidation sites excluding steroid dienone is 2. The first-order valence-corrected chi connectivity index (χ1v) is 5.26. The molecule has 1 amide bonds. The summed E-state index contributed by atoms with van der Waals surface area (Å²) in [6, 6.07) is 5.41. The largest absolute Gasteiger partial charge is 0.465 e. The maximum absolute atomic E-state index is 11.5. The minimum Gasteiger partial charge on any atom is -0.465 e. The molecule has 4 heteroatoms. The summed E-state index contributed by atoms with van der Waals surface area (Å²) in [5.41, 5.74) is 0.0708. The van der Waals surface area contributed by atoms with Crippen LogP contribution in [-0.4, -0.2) is 11.9 Å². The second-order valence-corrected chi connectivity index (χ2v) is 3.69. The van der Waals surface area contributed by atoms with E-state index in [-0.39, 0.29) is 17.5 Å². The molecule has 1 heterocycles. The molecule has 0 aromatic carbocycles. The van der Waals surface area contributed by atoms with Gasteiger partial charge in [0.05, 0.1) is 6.26 Å². The Labute approximate surface area is 100 Å². The highest BCUT2D eigenvalue weighted by molar-refractivity contribution is 5.97. The third-order valence-electron chi connectivity index (χ3n) is 1.85. The van der Waals surface area contributed by atoms with Gasteiger partial charge in [-0.25, -0.2) is 0 Å². The highest BCUT2D eigenvalue weighted by Gasteiger charge is 2.08. The Bertz CT molecular complexity index is 462. The van der Waals surface area contributed by atoms with Gasteiger partial charge in [-0.05, 0) is 38.1 Å². The molecule has 1 rings (SSSR count). The number of nitrogens with one attached hydrogen (secondary N) is 1. The fourth-order valence-electron chi connectivity index (χ4n) is 1.13. The molecule has 0 saturated carbocycles. The number of rotatable bonds is 4. The van der Waals surface area contributed by atoms with E-state index in [9.17, 15) is 4.79 Å². The van der Waals surface area contributed by atoms with Gasteiger partial charge in [-0.3, -0.25) is 4.79 Å². The van der Waals surface area contributed by atoms with E-state index < -0.39 is 0 Å². The molecular weight excluding hydrogens is 216 g/mol. The first kappa shape index (κ1) is 12.8. The van der Waals surface area contributed by atoms with Crippen LogP contribution in [0.4, 0.5) is 0 Å². The molecule has 1 aromatic heterocycles. The van der Waals surface area contributed by atoms with Crippen molar-refractivity contribution in [2.24, 2.45) is 0 Å². The number of carbonyl (C=O) groups excluding carboxylic acids is 1. The SMILES string of the molecule is CC(C)NC(=O)C(C#N)=CC=Cc1ccco1. The number of amides is 1. The Kier molecular flexibility index (Phi) is 4.77. The van der Waals surface area contributed by atoms with E-state index in [1.807, 2.05) is 19.9 Å². The van der Waals surface area contributed by atoms with Crippen LogP contribution in [0.15, 0.2) is 40.5 Å². The lowest BCUT2D eigenvalue weighted by Gasteiger charge is -2.05. The lowest BCUT2D eigenvalue weighted by molar-refractivity contribution is -0.117. The molecule has 1 N–H and O–H groups in total. The van der Waals surface area contributed by atoms with Crippen molar-refractivity contribution in [3.63, 3.8) is 0 Å². The third kappa shape index (κ3) is 4.39. The number of hydrogen-bond acceptors (Lipinski definition) is 3. The van der Waals surface area contributed by atoms with Crippen molar-refractivity contribution in [3.8, 4) is 6.07 Å². The molecule has 1 aromatic rings. The predicted molar refractivity (Wildman–Crippen MR) is 64.7 cm³/mol. The number of nitrogens with zero attached hydrogens (tertiary/aromatic N) is 1. The fraction of sp³-hybridized carbons (Fsp3) is 0.231. The van der Waals surface area contributed by atoms with Crippen LogP contribution in [0.2, 0.25) is 0 Å². The van der Waals surface area contributed by atoms with E-state index in [2.05, 4.69) is 5.32 Å². The average Bonchev–Trinajstić information content (AvgIpc) is 2.76. The van der Waals surface area contributed by atoms with Crippen molar-refractivity contribution in [2.75, 3.05) is 0 Å². The summed E-state index contributed by atoms with van der Waals surface area (Å²) in [6.45, 7) is 3.68. The Morgan fingerprint density at radius 3 is 2.88 bits per heavy atom. The van der Waals surface area contributed by atoms with Gasteiger partial charge in [-0.1, -0.05) is 6.08 Å². The lowest BCUT2D eigenvalue weighted by Crippen LogP contribution is -2.30. The van der Waals surface area contributed by atoms with Crippen molar-refractivity contribution >= 4 is 12.0 Å². The molecule has 0 spiro atoms. The summed E-state index contributed by atoms with van der Waals surface area (Å²) in [5, 5.41) is 11.5. The van der Waals surface area contributed by atoms with Crippen molar-refractivity contribution in [3.05, 3.63) is 41.9 Å². The van der Waals surface area contributed by atoms with Crippen LogP contribution in [0.5, 0.6) is 0 Å². The summed E-state index contributed by atoms with van der Waals surface area (Å²) < 4.78 is 5.07. The molecule has 0 unspecified atom stereocenters. The Morgan fingerprint density at radius 1 is 1.59 bits per heavy atom. The number of carbonyl (C=O) groups is 1. The van der Waals surface area contributed by atoms with Crippen LogP contribution in [0, 0.1) is 11.3 Å². The number of furan rings is 1. The van der Waals surface area contributed by atoms with Gasteiger partial charge in [0.2, 0.25) is 0 Å². The Morgan fingerprint density at radius 2 is 2.35 bits per heavy atom. The highest BCUT2D eigenvalue weighted by Crippen LogP contribution is 2.03. The van der Waals surface area contributed by atoms with Gasteiger partial charge in [0, 0.05) is 6.04 Å². The lowest BCUT2D eigenvalue weighted by atomic mass is 10.2. The van der Waals surface area contributed by atoms with Gasteiger partial charge in [-0.2, -0.15) is 5.26 Å². The smallest absolute Gasteiger partial charge is 0.262 e. The molecule has 0 atom stereocenters. The van der Waals surface area contributed by atoms with Crippen LogP contribution in [0.1, 0.15) is 19.6 Å². The predicted octanol–water partition coefficient (Wildman–Crippen LogP) is 2.27. The van der Waals surface area contributed by atoms with E-state index in [4.69, 9.17) is 9.68 Å². The van der Waals surface area contributed by atoms with Crippen LogP contribution >= 0.6 is 0 Å². The monoisotopic (exact) mass is 230 g/mol. The quantitative estimate of drug-likeness (QED) is 0.490. The zero-order valence-corrected chi connectivity index (χ0v) is 9.81. The maximum Gasteiger partial charge on any atom is 0.262 e. The van der Waals surface area contributed by atoms with Crippen molar-refractivity contribution in [1.82, 2.24) is 5.32 Å².